The van der Waals surface area contributed by atoms with Gasteiger partial charge in [-0.15, -0.1) is 0 Å². The van der Waals surface area contributed by atoms with E-state index in [4.69, 9.17) is 0 Å². The van der Waals surface area contributed by atoms with Crippen LogP contribution in [0.1, 0.15) is 6.92 Å². The standard InChI is InChI=1S/C4H10N2.C2H5.In/c1-5-3-4-6-2;1-2;/h3-4H2,1-2H3;1H2,2H3;/q-2;;+2. The Bertz CT molecular complexity index is 87.1. The molecule has 52 valence electrons. The molecule has 0 aliphatic carbocycles. The summed E-state index contributed by atoms with van der Waals surface area (Å²) in [6, 6.07) is 0. The van der Waals surface area contributed by atoms with Crippen LogP contribution in [0.15, 0.2) is 0 Å². The fourth-order valence-electron chi connectivity index (χ4n) is 1.57. The summed E-state index contributed by atoms with van der Waals surface area (Å²) in [7, 11) is 4.57. The summed E-state index contributed by atoms with van der Waals surface area (Å²) in [5.41, 5.74) is 0. The van der Waals surface area contributed by atoms with Crippen molar-refractivity contribution in [2.24, 2.45) is 0 Å². The number of rotatable bonds is 1. The van der Waals surface area contributed by atoms with E-state index in [1.165, 1.54) is 17.3 Å². The van der Waals surface area contributed by atoms with E-state index in [9.17, 15) is 0 Å². The summed E-state index contributed by atoms with van der Waals surface area (Å²) in [5, 5.41) is 0. The Kier molecular flexibility index (Phi) is 2.86. The van der Waals surface area contributed by atoms with Gasteiger partial charge in [-0.1, -0.05) is 0 Å². The van der Waals surface area contributed by atoms with Gasteiger partial charge >= 0.3 is 66.1 Å². The Labute approximate surface area is 66.1 Å². The quantitative estimate of drug-likeness (QED) is 0.642. The van der Waals surface area contributed by atoms with Crippen LogP contribution >= 0.6 is 0 Å². The SMILES string of the molecule is C[CH2][In]1[N](C)CC[N]1C. The van der Waals surface area contributed by atoms with Crippen LogP contribution in [-0.2, 0) is 0 Å². The van der Waals surface area contributed by atoms with Gasteiger partial charge in [-0.05, 0) is 0 Å². The van der Waals surface area contributed by atoms with Crippen molar-refractivity contribution < 1.29 is 0 Å². The second-order valence-corrected chi connectivity index (χ2v) is 13.0. The van der Waals surface area contributed by atoms with Gasteiger partial charge in [-0.2, -0.15) is 0 Å². The van der Waals surface area contributed by atoms with E-state index in [2.05, 4.69) is 26.8 Å². The zero-order chi connectivity index (χ0) is 6.85. The van der Waals surface area contributed by atoms with Crippen LogP contribution in [0.2, 0.25) is 4.18 Å². The molecular formula is C6H15InN2. The molecule has 0 saturated carbocycles. The Morgan fingerprint density at radius 2 is 1.67 bits per heavy atom. The molecule has 0 aromatic heterocycles. The molecule has 1 heterocycles. The molecule has 1 saturated heterocycles. The summed E-state index contributed by atoms with van der Waals surface area (Å²) in [6.07, 6.45) is 0. The van der Waals surface area contributed by atoms with Gasteiger partial charge in [-0.25, -0.2) is 0 Å². The van der Waals surface area contributed by atoms with Crippen molar-refractivity contribution in [3.8, 4) is 0 Å². The predicted octanol–water partition coefficient (Wildman–Crippen LogP) is 0.372. The molecule has 0 atom stereocenters. The fraction of sp³-hybridized carbons (Fsp3) is 1.00. The van der Waals surface area contributed by atoms with E-state index in [1.54, 1.807) is 0 Å². The molecule has 0 amide bonds. The number of nitrogens with zero attached hydrogens (tertiary/aromatic N) is 2. The molecular weight excluding hydrogens is 215 g/mol. The zero-order valence-corrected chi connectivity index (χ0v) is 9.89. The first kappa shape index (κ1) is 7.89. The molecule has 0 aromatic rings. The van der Waals surface area contributed by atoms with Crippen molar-refractivity contribution in [1.82, 2.24) is 5.78 Å². The summed E-state index contributed by atoms with van der Waals surface area (Å²) < 4.78 is 6.68. The second-order valence-electron chi connectivity index (χ2n) is 2.85. The molecule has 0 spiro atoms. The molecule has 1 aliphatic heterocycles. The number of likely N-dealkylation sites (N-methyl/N-ethyl adjacent to an activating group) is 2. The first-order valence-corrected chi connectivity index (χ1v) is 8.94. The average Bonchev–Trinajstić information content (AvgIpc) is 2.12. The molecule has 0 aromatic carbocycles. The topological polar surface area (TPSA) is 6.48 Å². The van der Waals surface area contributed by atoms with Gasteiger partial charge in [0.15, 0.2) is 0 Å². The average molecular weight is 230 g/mol. The van der Waals surface area contributed by atoms with E-state index in [0.29, 0.717) is 0 Å². The third-order valence-electron chi connectivity index (χ3n) is 2.19. The van der Waals surface area contributed by atoms with E-state index >= 15 is 0 Å². The molecule has 1 fully saturated rings. The van der Waals surface area contributed by atoms with Crippen molar-refractivity contribution in [2.75, 3.05) is 27.2 Å². The molecule has 9 heavy (non-hydrogen) atoms. The number of hydrogen-bond donors (Lipinski definition) is 0. The second kappa shape index (κ2) is 3.26. The van der Waals surface area contributed by atoms with Gasteiger partial charge in [0.2, 0.25) is 0 Å². The first-order chi connectivity index (χ1) is 4.25. The van der Waals surface area contributed by atoms with E-state index in [1.807, 2.05) is 0 Å². The van der Waals surface area contributed by atoms with Crippen LogP contribution < -0.4 is 0 Å². The molecule has 0 bridgehead atoms. The maximum absolute atomic E-state index is 2.61. The van der Waals surface area contributed by atoms with Crippen LogP contribution in [0.4, 0.5) is 0 Å². The third-order valence-corrected chi connectivity index (χ3v) is 11.6. The first-order valence-electron chi connectivity index (χ1n) is 3.66. The van der Waals surface area contributed by atoms with E-state index in [0.717, 1.165) is 0 Å². The van der Waals surface area contributed by atoms with Gasteiger partial charge in [0.05, 0.1) is 0 Å². The summed E-state index contributed by atoms with van der Waals surface area (Å²) in [6.45, 7) is 4.98. The Morgan fingerprint density at radius 1 is 1.22 bits per heavy atom. The third kappa shape index (κ3) is 1.63. The molecule has 3 heteroatoms. The number of hydrogen-bond acceptors (Lipinski definition) is 2. The molecule has 0 radical (unpaired) electrons. The monoisotopic (exact) mass is 230 g/mol. The normalized spacial score (nSPS) is 23.7. The van der Waals surface area contributed by atoms with Gasteiger partial charge < -0.3 is 0 Å². The van der Waals surface area contributed by atoms with Gasteiger partial charge in [-0.3, -0.25) is 0 Å². The Balaban J connectivity index is 2.44. The van der Waals surface area contributed by atoms with Crippen molar-refractivity contribution in [3.63, 3.8) is 0 Å². The maximum atomic E-state index is 2.61. The molecule has 1 rings (SSSR count). The van der Waals surface area contributed by atoms with Gasteiger partial charge in [0, 0.05) is 0 Å². The van der Waals surface area contributed by atoms with Crippen LogP contribution in [-0.4, -0.2) is 55.0 Å². The Morgan fingerprint density at radius 3 is 1.89 bits per heavy atom. The van der Waals surface area contributed by atoms with Crippen LogP contribution in [0, 0.1) is 0 Å². The Hall–Kier alpha value is 0.790. The van der Waals surface area contributed by atoms with E-state index < -0.39 is 22.0 Å². The van der Waals surface area contributed by atoms with Gasteiger partial charge in [0.25, 0.3) is 0 Å². The molecule has 2 nitrogen and oxygen atoms in total. The van der Waals surface area contributed by atoms with Gasteiger partial charge in [0.1, 0.15) is 0 Å². The minimum absolute atomic E-state index is 1.24. The van der Waals surface area contributed by atoms with Crippen molar-refractivity contribution >= 4 is 22.0 Å². The van der Waals surface area contributed by atoms with Crippen LogP contribution in [0.5, 0.6) is 0 Å². The predicted molar refractivity (Wildman–Crippen MR) is 41.5 cm³/mol. The molecule has 0 unspecified atom stereocenters. The zero-order valence-electron chi connectivity index (χ0n) is 6.59. The fourth-order valence-corrected chi connectivity index (χ4v) is 9.41. The summed E-state index contributed by atoms with van der Waals surface area (Å²) >= 11 is -1.24. The van der Waals surface area contributed by atoms with Crippen molar-refractivity contribution in [3.05, 3.63) is 0 Å². The van der Waals surface area contributed by atoms with E-state index in [-0.39, 0.29) is 0 Å². The molecule has 1 aliphatic rings. The van der Waals surface area contributed by atoms with Crippen molar-refractivity contribution in [2.45, 2.75) is 11.1 Å². The van der Waals surface area contributed by atoms with Crippen LogP contribution in [0.3, 0.4) is 0 Å². The minimum atomic E-state index is -1.24. The summed E-state index contributed by atoms with van der Waals surface area (Å²) in [5.74, 6) is 0. The molecule has 0 N–H and O–H groups in total. The van der Waals surface area contributed by atoms with Crippen LogP contribution in [0.25, 0.3) is 0 Å². The summed E-state index contributed by atoms with van der Waals surface area (Å²) in [4.78, 5) is 0. The van der Waals surface area contributed by atoms with Crippen molar-refractivity contribution in [1.29, 1.82) is 0 Å².